The van der Waals surface area contributed by atoms with Crippen molar-refractivity contribution < 1.29 is 0 Å². The first kappa shape index (κ1) is 43.6. The van der Waals surface area contributed by atoms with Crippen LogP contribution >= 0.6 is 10.0 Å². The lowest BCUT2D eigenvalue weighted by atomic mass is 9.97. The SMILES string of the molecule is C/C=C/C=C\C=C/N.C=C/C=C(\C=C(/C)c1ccccc1Nc1ccc(S(C)(C)C)cc1)c1ccc2c(c1)c1ccccc1n2C1=CC=CC(/C=C(\N)c2ccccc2)C=C1. The van der Waals surface area contributed by atoms with Crippen LogP contribution in [0.25, 0.3) is 44.3 Å². The van der Waals surface area contributed by atoms with Gasteiger partial charge in [-0.1, -0.05) is 146 Å². The fourth-order valence-corrected chi connectivity index (χ4v) is 8.20. The third-order valence-corrected chi connectivity index (χ3v) is 12.0. The molecule has 308 valence electrons. The standard InChI is InChI=1S/C49H47N3S.C7H11N/c1-6-15-38(32-35(2)43-20-10-12-22-47(43)51-40-26-29-42(30-27-40)53(3,4)5)39-25-31-49-45(34-39)44-21-11-13-23-48(44)52(49)41-19-14-16-36(24-28-41)33-46(50)37-17-8-7-9-18-37;1-2-3-4-5-6-7-8/h6-34,36,51H,1,50H2,2-5H3;2-7H,8H2,1H3/b35-32+,38-15+,46-33-;3-2+,5-4-,7-6-. The Bertz CT molecular complexity index is 2730. The van der Waals surface area contributed by atoms with E-state index < -0.39 is 10.0 Å². The molecule has 0 amide bonds. The number of benzene rings is 5. The number of nitrogens with one attached hydrogen (secondary N) is 1. The van der Waals surface area contributed by atoms with E-state index in [0.717, 1.165) is 56.1 Å². The molecule has 0 radical (unpaired) electrons. The van der Waals surface area contributed by atoms with Gasteiger partial charge < -0.3 is 21.4 Å². The Kier molecular flexibility index (Phi) is 14.9. The van der Waals surface area contributed by atoms with Crippen molar-refractivity contribution in [2.45, 2.75) is 18.7 Å². The summed E-state index contributed by atoms with van der Waals surface area (Å²) in [7, 11) is -0.772. The minimum Gasteiger partial charge on any atom is -0.405 e. The maximum atomic E-state index is 6.49. The van der Waals surface area contributed by atoms with E-state index in [0.29, 0.717) is 0 Å². The lowest BCUT2D eigenvalue weighted by Gasteiger charge is -2.26. The molecule has 6 aromatic rings. The minimum atomic E-state index is -0.772. The van der Waals surface area contributed by atoms with Crippen molar-refractivity contribution in [2.24, 2.45) is 17.4 Å². The van der Waals surface area contributed by atoms with E-state index in [1.54, 1.807) is 6.08 Å². The molecule has 1 aliphatic rings. The smallest absolute Gasteiger partial charge is 0.0541 e. The molecule has 1 heterocycles. The van der Waals surface area contributed by atoms with Gasteiger partial charge in [0.05, 0.1) is 11.0 Å². The molecule has 7 rings (SSSR count). The van der Waals surface area contributed by atoms with Crippen LogP contribution in [0, 0.1) is 5.92 Å². The highest BCUT2D eigenvalue weighted by Crippen LogP contribution is 2.45. The molecular formula is C56H58N4S. The molecule has 0 aliphatic heterocycles. The second-order valence-electron chi connectivity index (χ2n) is 15.5. The van der Waals surface area contributed by atoms with Crippen LogP contribution in [0.5, 0.6) is 0 Å². The van der Waals surface area contributed by atoms with Gasteiger partial charge in [-0.25, -0.2) is 10.0 Å². The molecule has 1 unspecified atom stereocenters. The first-order valence-electron chi connectivity index (χ1n) is 20.6. The van der Waals surface area contributed by atoms with Crippen LogP contribution in [0.15, 0.2) is 224 Å². The molecule has 0 spiro atoms. The Morgan fingerprint density at radius 2 is 1.46 bits per heavy atom. The van der Waals surface area contributed by atoms with Crippen molar-refractivity contribution in [1.82, 2.24) is 4.57 Å². The average molecular weight is 819 g/mol. The third-order valence-electron chi connectivity index (χ3n) is 10.3. The van der Waals surface area contributed by atoms with Crippen LogP contribution in [0.3, 0.4) is 0 Å². The normalized spacial score (nSPS) is 15.3. The number of rotatable bonds is 12. The second kappa shape index (κ2) is 20.8. The summed E-state index contributed by atoms with van der Waals surface area (Å²) in [5.74, 6) is 0.0838. The summed E-state index contributed by atoms with van der Waals surface area (Å²) in [5.41, 5.74) is 23.5. The zero-order valence-electron chi connectivity index (χ0n) is 36.0. The van der Waals surface area contributed by atoms with Crippen LogP contribution < -0.4 is 16.8 Å². The molecule has 4 nitrogen and oxygen atoms in total. The molecule has 1 aromatic heterocycles. The summed E-state index contributed by atoms with van der Waals surface area (Å²) in [6.07, 6.45) is 37.2. The van der Waals surface area contributed by atoms with Gasteiger partial charge in [-0.3, -0.25) is 0 Å². The van der Waals surface area contributed by atoms with Gasteiger partial charge in [0.2, 0.25) is 0 Å². The first-order chi connectivity index (χ1) is 29.6. The molecule has 1 atom stereocenters. The number of aromatic nitrogens is 1. The topological polar surface area (TPSA) is 69.0 Å². The molecule has 0 fully saturated rings. The van der Waals surface area contributed by atoms with Gasteiger partial charge in [-0.15, -0.1) is 0 Å². The maximum Gasteiger partial charge on any atom is 0.0541 e. The number of hydrogen-bond donors (Lipinski definition) is 3. The predicted molar refractivity (Wildman–Crippen MR) is 273 cm³/mol. The Labute approximate surface area is 364 Å². The van der Waals surface area contributed by atoms with Gasteiger partial charge >= 0.3 is 0 Å². The lowest BCUT2D eigenvalue weighted by Crippen LogP contribution is -1.99. The van der Waals surface area contributed by atoms with Gasteiger partial charge in [-0.2, -0.15) is 0 Å². The monoisotopic (exact) mass is 818 g/mol. The molecule has 61 heavy (non-hydrogen) atoms. The summed E-state index contributed by atoms with van der Waals surface area (Å²) in [6, 6.07) is 43.0. The number of fused-ring (bicyclic) bond motifs is 3. The molecular weight excluding hydrogens is 761 g/mol. The Hall–Kier alpha value is -6.95. The molecule has 5 aromatic carbocycles. The van der Waals surface area contributed by atoms with Gasteiger partial charge in [0.1, 0.15) is 0 Å². The number of hydrogen-bond acceptors (Lipinski definition) is 3. The Morgan fingerprint density at radius 1 is 0.754 bits per heavy atom. The van der Waals surface area contributed by atoms with Crippen molar-refractivity contribution in [1.29, 1.82) is 0 Å². The zero-order valence-corrected chi connectivity index (χ0v) is 36.8. The molecule has 0 saturated heterocycles. The molecule has 0 bridgehead atoms. The van der Waals surface area contributed by atoms with E-state index in [9.17, 15) is 0 Å². The number of nitrogens with two attached hydrogens (primary N) is 2. The highest BCUT2D eigenvalue weighted by atomic mass is 32.3. The van der Waals surface area contributed by atoms with Crippen molar-refractivity contribution in [3.63, 3.8) is 0 Å². The van der Waals surface area contributed by atoms with Crippen LogP contribution in [0.4, 0.5) is 11.4 Å². The average Bonchev–Trinajstić information content (AvgIpc) is 3.42. The van der Waals surface area contributed by atoms with E-state index in [2.05, 4.69) is 182 Å². The van der Waals surface area contributed by atoms with Crippen LogP contribution in [0.2, 0.25) is 0 Å². The van der Waals surface area contributed by atoms with E-state index in [-0.39, 0.29) is 5.92 Å². The molecule has 5 N–H and O–H groups in total. The summed E-state index contributed by atoms with van der Waals surface area (Å²) in [6.45, 7) is 8.23. The zero-order chi connectivity index (χ0) is 43.2. The van der Waals surface area contributed by atoms with Crippen LogP contribution in [0.1, 0.15) is 30.5 Å². The fraction of sp³-hybridized carbons (Fsp3) is 0.107. The molecule has 1 aliphatic carbocycles. The summed E-state index contributed by atoms with van der Waals surface area (Å²) >= 11 is 0. The van der Waals surface area contributed by atoms with Gasteiger partial charge in [0.15, 0.2) is 0 Å². The lowest BCUT2D eigenvalue weighted by molar-refractivity contribution is 1.07. The summed E-state index contributed by atoms with van der Waals surface area (Å²) in [5, 5.41) is 6.09. The fourth-order valence-electron chi connectivity index (χ4n) is 7.24. The van der Waals surface area contributed by atoms with Gasteiger partial charge in [-0.05, 0) is 133 Å². The molecule has 5 heteroatoms. The van der Waals surface area contributed by atoms with E-state index >= 15 is 0 Å². The van der Waals surface area contributed by atoms with E-state index in [4.69, 9.17) is 11.5 Å². The van der Waals surface area contributed by atoms with E-state index in [1.807, 2.05) is 67.6 Å². The third kappa shape index (κ3) is 11.2. The predicted octanol–water partition coefficient (Wildman–Crippen LogP) is 14.4. The number of anilines is 2. The largest absolute Gasteiger partial charge is 0.405 e. The van der Waals surface area contributed by atoms with Gasteiger partial charge in [0.25, 0.3) is 0 Å². The number of allylic oxidation sites excluding steroid dienone is 17. The van der Waals surface area contributed by atoms with Gasteiger partial charge in [0, 0.05) is 45.0 Å². The highest BCUT2D eigenvalue weighted by Gasteiger charge is 2.16. The summed E-state index contributed by atoms with van der Waals surface area (Å²) in [4.78, 5) is 1.40. The Balaban J connectivity index is 0.000000708. The Morgan fingerprint density at radius 3 is 2.20 bits per heavy atom. The van der Waals surface area contributed by atoms with Crippen molar-refractivity contribution in [2.75, 3.05) is 24.1 Å². The molecule has 0 saturated carbocycles. The second-order valence-corrected chi connectivity index (χ2v) is 19.6. The quantitative estimate of drug-likeness (QED) is 0.108. The van der Waals surface area contributed by atoms with Crippen LogP contribution in [-0.4, -0.2) is 23.3 Å². The number of para-hydroxylation sites is 2. The minimum absolute atomic E-state index is 0.0838. The first-order valence-corrected chi connectivity index (χ1v) is 23.4. The maximum absolute atomic E-state index is 6.49. The van der Waals surface area contributed by atoms with Crippen molar-refractivity contribution >= 4 is 65.7 Å². The summed E-state index contributed by atoms with van der Waals surface area (Å²) < 4.78 is 2.36. The van der Waals surface area contributed by atoms with E-state index in [1.165, 1.54) is 27.4 Å². The highest BCUT2D eigenvalue weighted by molar-refractivity contribution is 8.32. The number of nitrogens with zero attached hydrogens (tertiary/aromatic N) is 1. The van der Waals surface area contributed by atoms with Crippen LogP contribution in [-0.2, 0) is 0 Å². The van der Waals surface area contributed by atoms with Crippen molar-refractivity contribution in [3.8, 4) is 0 Å². The van der Waals surface area contributed by atoms with Crippen molar-refractivity contribution in [3.05, 3.63) is 236 Å².